The van der Waals surface area contributed by atoms with E-state index in [9.17, 15) is 24.8 Å². The molecule has 0 radical (unpaired) electrons. The number of nitrogens with one attached hydrogen (secondary N) is 1. The monoisotopic (exact) mass is 414 g/mol. The van der Waals surface area contributed by atoms with E-state index in [1.54, 1.807) is 0 Å². The third-order valence-electron chi connectivity index (χ3n) is 4.23. The highest BCUT2D eigenvalue weighted by Crippen LogP contribution is 2.25. The topological polar surface area (TPSA) is 141 Å². The number of rotatable bonds is 8. The number of carbonyl (C=O) groups excluding carboxylic acids is 1. The van der Waals surface area contributed by atoms with E-state index in [-0.39, 0.29) is 29.2 Å². The van der Waals surface area contributed by atoms with Crippen molar-refractivity contribution in [3.63, 3.8) is 0 Å². The fourth-order valence-corrected chi connectivity index (χ4v) is 2.82. The van der Waals surface area contributed by atoms with Crippen LogP contribution in [0.5, 0.6) is 5.75 Å². The van der Waals surface area contributed by atoms with Gasteiger partial charge in [0, 0.05) is 54.6 Å². The molecule has 0 bridgehead atoms. The lowest BCUT2D eigenvalue weighted by Gasteiger charge is -2.12. The first kappa shape index (κ1) is 20.8. The number of esters is 1. The van der Waals surface area contributed by atoms with Gasteiger partial charge in [0.1, 0.15) is 17.9 Å². The Hall–Kier alpha value is -3.92. The lowest BCUT2D eigenvalue weighted by Crippen LogP contribution is -2.14. The number of nitro groups is 1. The molecule has 0 aliphatic heterocycles. The number of methoxy groups -OCH3 is 1. The molecule has 1 heterocycles. The van der Waals surface area contributed by atoms with Crippen LogP contribution >= 0.6 is 0 Å². The average molecular weight is 414 g/mol. The van der Waals surface area contributed by atoms with Gasteiger partial charge in [0.25, 0.3) is 5.69 Å². The van der Waals surface area contributed by atoms with Crippen LogP contribution in [0.3, 0.4) is 0 Å². The molecule has 0 saturated carbocycles. The predicted molar refractivity (Wildman–Crippen MR) is 107 cm³/mol. The van der Waals surface area contributed by atoms with Gasteiger partial charge in [0.05, 0.1) is 17.1 Å². The van der Waals surface area contributed by atoms with Crippen LogP contribution in [-0.2, 0) is 16.1 Å². The van der Waals surface area contributed by atoms with Crippen molar-refractivity contribution in [3.05, 3.63) is 74.1 Å². The van der Waals surface area contributed by atoms with Gasteiger partial charge in [-0.15, -0.1) is 0 Å². The van der Waals surface area contributed by atoms with Crippen molar-refractivity contribution in [2.45, 2.75) is 6.61 Å². The summed E-state index contributed by atoms with van der Waals surface area (Å²) in [5.74, 6) is -0.887. The zero-order chi connectivity index (χ0) is 21.7. The minimum Gasteiger partial charge on any atom is -0.508 e. The largest absolute Gasteiger partial charge is 0.508 e. The number of benzene rings is 2. The number of carbonyl (C=O) groups is 1. The van der Waals surface area contributed by atoms with Gasteiger partial charge in [-0.3, -0.25) is 10.1 Å². The smallest absolute Gasteiger partial charge is 0.340 e. The molecule has 30 heavy (non-hydrogen) atoms. The van der Waals surface area contributed by atoms with Crippen LogP contribution in [0.4, 0.5) is 11.4 Å². The van der Waals surface area contributed by atoms with Gasteiger partial charge in [0.15, 0.2) is 0 Å². The number of phenols is 1. The molecule has 156 valence electrons. The van der Waals surface area contributed by atoms with Crippen molar-refractivity contribution in [1.29, 1.82) is 0 Å². The number of hydrogen-bond acceptors (Lipinski definition) is 9. The standard InChI is InChI=1S/C20H18N2O8/c1-28-7-6-21-17-5-2-13(22(26)27)9-16(17)20(25)29-11-12-8-19(24)30-18-10-14(23)3-4-15(12)18/h2-5,8-10,21,23H,6-7,11H2,1H3. The Balaban J connectivity index is 1.87. The molecule has 0 spiro atoms. The molecule has 2 N–H and O–H groups in total. The average Bonchev–Trinajstić information content (AvgIpc) is 2.71. The van der Waals surface area contributed by atoms with E-state index in [4.69, 9.17) is 13.9 Å². The molecule has 1 aromatic heterocycles. The van der Waals surface area contributed by atoms with E-state index in [0.29, 0.717) is 29.8 Å². The number of ether oxygens (including phenoxy) is 2. The maximum atomic E-state index is 12.7. The fourth-order valence-electron chi connectivity index (χ4n) is 2.82. The number of nitro benzene ring substituents is 1. The van der Waals surface area contributed by atoms with Crippen molar-refractivity contribution in [2.75, 3.05) is 25.6 Å². The Bertz CT molecular complexity index is 1160. The van der Waals surface area contributed by atoms with Crippen molar-refractivity contribution in [1.82, 2.24) is 0 Å². The van der Waals surface area contributed by atoms with E-state index in [1.807, 2.05) is 0 Å². The first-order valence-electron chi connectivity index (χ1n) is 8.83. The Kier molecular flexibility index (Phi) is 6.28. The maximum absolute atomic E-state index is 12.7. The van der Waals surface area contributed by atoms with Gasteiger partial charge in [-0.05, 0) is 18.2 Å². The molecule has 0 amide bonds. The third-order valence-corrected chi connectivity index (χ3v) is 4.23. The van der Waals surface area contributed by atoms with Crippen molar-refractivity contribution < 1.29 is 28.7 Å². The summed E-state index contributed by atoms with van der Waals surface area (Å²) in [7, 11) is 1.52. The number of non-ortho nitro benzene ring substituents is 1. The molecule has 3 aromatic rings. The van der Waals surface area contributed by atoms with Crippen molar-refractivity contribution in [3.8, 4) is 5.75 Å². The van der Waals surface area contributed by atoms with Gasteiger partial charge in [0.2, 0.25) is 0 Å². The molecule has 10 heteroatoms. The minimum absolute atomic E-state index is 0.0229. The first-order chi connectivity index (χ1) is 14.4. The molecule has 0 atom stereocenters. The SMILES string of the molecule is COCCNc1ccc([N+](=O)[O-])cc1C(=O)OCc1cc(=O)oc2cc(O)ccc12. The molecule has 2 aromatic carbocycles. The molecule has 0 aliphatic carbocycles. The van der Waals surface area contributed by atoms with Crippen molar-refractivity contribution in [2.24, 2.45) is 0 Å². The van der Waals surface area contributed by atoms with Gasteiger partial charge in [-0.2, -0.15) is 0 Å². The normalized spacial score (nSPS) is 10.7. The van der Waals surface area contributed by atoms with Crippen LogP contribution in [0, 0.1) is 10.1 Å². The zero-order valence-corrected chi connectivity index (χ0v) is 15.9. The van der Waals surface area contributed by atoms with Gasteiger partial charge < -0.3 is 24.3 Å². The Morgan fingerprint density at radius 2 is 2.03 bits per heavy atom. The molecule has 0 fully saturated rings. The maximum Gasteiger partial charge on any atom is 0.340 e. The number of fused-ring (bicyclic) bond motifs is 1. The van der Waals surface area contributed by atoms with Gasteiger partial charge >= 0.3 is 11.6 Å². The Morgan fingerprint density at radius 1 is 1.23 bits per heavy atom. The Morgan fingerprint density at radius 3 is 2.77 bits per heavy atom. The molecular formula is C20H18N2O8. The van der Waals surface area contributed by atoms with Crippen LogP contribution in [0.15, 0.2) is 51.7 Å². The zero-order valence-electron chi connectivity index (χ0n) is 15.9. The quantitative estimate of drug-likeness (QED) is 0.187. The van der Waals surface area contributed by atoms with Gasteiger partial charge in [-0.1, -0.05) is 0 Å². The summed E-state index contributed by atoms with van der Waals surface area (Å²) < 4.78 is 15.3. The van der Waals surface area contributed by atoms with Crippen LogP contribution in [0.2, 0.25) is 0 Å². The second-order valence-corrected chi connectivity index (χ2v) is 6.25. The number of hydrogen-bond donors (Lipinski definition) is 2. The molecule has 3 rings (SSSR count). The van der Waals surface area contributed by atoms with E-state index < -0.39 is 16.5 Å². The number of aromatic hydroxyl groups is 1. The summed E-state index contributed by atoms with van der Waals surface area (Å²) in [6.07, 6.45) is 0. The Labute approximate surface area is 169 Å². The third kappa shape index (κ3) is 4.73. The molecule has 0 saturated heterocycles. The highest BCUT2D eigenvalue weighted by Gasteiger charge is 2.19. The summed E-state index contributed by atoms with van der Waals surface area (Å²) in [5.41, 5.74) is -0.0908. The first-order valence-corrected chi connectivity index (χ1v) is 8.83. The summed E-state index contributed by atoms with van der Waals surface area (Å²) in [4.78, 5) is 34.9. The van der Waals surface area contributed by atoms with Crippen LogP contribution in [0.25, 0.3) is 11.0 Å². The highest BCUT2D eigenvalue weighted by atomic mass is 16.6. The van der Waals surface area contributed by atoms with Gasteiger partial charge in [-0.25, -0.2) is 9.59 Å². The lowest BCUT2D eigenvalue weighted by atomic mass is 10.1. The van der Waals surface area contributed by atoms with E-state index >= 15 is 0 Å². The minimum atomic E-state index is -0.807. The van der Waals surface area contributed by atoms with Crippen molar-refractivity contribution >= 4 is 28.3 Å². The number of anilines is 1. The van der Waals surface area contributed by atoms with E-state index in [1.165, 1.54) is 43.5 Å². The molecular weight excluding hydrogens is 396 g/mol. The van der Waals surface area contributed by atoms with Crippen LogP contribution in [0.1, 0.15) is 15.9 Å². The van der Waals surface area contributed by atoms with Crippen LogP contribution in [-0.4, -0.2) is 36.3 Å². The highest BCUT2D eigenvalue weighted by molar-refractivity contribution is 5.96. The summed E-state index contributed by atoms with van der Waals surface area (Å²) >= 11 is 0. The lowest BCUT2D eigenvalue weighted by molar-refractivity contribution is -0.384. The summed E-state index contributed by atoms with van der Waals surface area (Å²) in [5, 5.41) is 24.1. The molecule has 0 unspecified atom stereocenters. The van der Waals surface area contributed by atoms with Crippen LogP contribution < -0.4 is 10.9 Å². The second kappa shape index (κ2) is 9.05. The predicted octanol–water partition coefficient (Wildman–Crippen LogP) is 2.82. The molecule has 0 aliphatic rings. The van der Waals surface area contributed by atoms with E-state index in [0.717, 1.165) is 6.07 Å². The second-order valence-electron chi connectivity index (χ2n) is 6.25. The number of phenolic OH excluding ortho intramolecular Hbond substituents is 1. The summed E-state index contributed by atoms with van der Waals surface area (Å²) in [6, 6.07) is 9.20. The fraction of sp³-hybridized carbons (Fsp3) is 0.200. The van der Waals surface area contributed by atoms with E-state index in [2.05, 4.69) is 5.32 Å². The number of nitrogens with zero attached hydrogens (tertiary/aromatic N) is 1. The molecule has 10 nitrogen and oxygen atoms in total. The summed E-state index contributed by atoms with van der Waals surface area (Å²) in [6.45, 7) is 0.471.